The maximum Gasteiger partial charge on any atom is 0.320 e. The molecule has 8 heteroatoms. The summed E-state index contributed by atoms with van der Waals surface area (Å²) < 4.78 is 0. The summed E-state index contributed by atoms with van der Waals surface area (Å²) in [6, 6.07) is 6.27. The second-order valence-corrected chi connectivity index (χ2v) is 4.33. The predicted molar refractivity (Wildman–Crippen MR) is 75.4 cm³/mol. The van der Waals surface area contributed by atoms with Gasteiger partial charge in [0.15, 0.2) is 0 Å². The van der Waals surface area contributed by atoms with Gasteiger partial charge < -0.3 is 10.8 Å². The van der Waals surface area contributed by atoms with E-state index in [0.717, 1.165) is 5.56 Å². The van der Waals surface area contributed by atoms with Gasteiger partial charge in [-0.2, -0.15) is 5.10 Å². The van der Waals surface area contributed by atoms with Gasteiger partial charge in [-0.05, 0) is 31.0 Å². The minimum Gasteiger partial charge on any atom is -0.480 e. The topological polar surface area (TPSA) is 124 Å². The monoisotopic (exact) mass is 276 g/mol. The van der Waals surface area contributed by atoms with Crippen LogP contribution in [0.25, 0.3) is 0 Å². The number of carboxylic acids is 1. The van der Waals surface area contributed by atoms with Gasteiger partial charge in [-0.1, -0.05) is 12.1 Å². The normalized spacial score (nSPS) is 17.5. The van der Waals surface area contributed by atoms with E-state index in [4.69, 9.17) is 10.8 Å². The van der Waals surface area contributed by atoms with Crippen LogP contribution >= 0.6 is 0 Å². The molecule has 6 N–H and O–H groups in total. The van der Waals surface area contributed by atoms with E-state index in [-0.39, 0.29) is 6.42 Å². The van der Waals surface area contributed by atoms with Crippen molar-refractivity contribution in [3.05, 3.63) is 29.8 Å². The molecule has 0 saturated carbocycles. The molecule has 0 bridgehead atoms. The number of carboxylic acid groups (broad SMARTS) is 1. The standard InChI is InChI=1S/C12H16N6O2/c1-7-15-17-12(18-16-7)14-9-4-2-8(3-5-9)6-10(13)11(19)20/h2-5,10H,6,13H2,1H3,(H,15,16)(H,19,20)(H2,14,17,18). The maximum absolute atomic E-state index is 10.7. The third kappa shape index (κ3) is 3.69. The van der Waals surface area contributed by atoms with Crippen LogP contribution < -0.4 is 22.0 Å². The fourth-order valence-corrected chi connectivity index (χ4v) is 1.57. The third-order valence-corrected chi connectivity index (χ3v) is 2.64. The van der Waals surface area contributed by atoms with Crippen LogP contribution in [-0.2, 0) is 11.2 Å². The fraction of sp³-hybridized carbons (Fsp3) is 0.250. The first-order valence-corrected chi connectivity index (χ1v) is 6.03. The number of amidine groups is 1. The number of nitrogens with zero attached hydrogens (tertiary/aromatic N) is 2. The summed E-state index contributed by atoms with van der Waals surface area (Å²) in [6.07, 6.45) is 0.285. The molecule has 1 unspecified atom stereocenters. The van der Waals surface area contributed by atoms with E-state index >= 15 is 0 Å². The van der Waals surface area contributed by atoms with Gasteiger partial charge in [0.25, 0.3) is 0 Å². The van der Waals surface area contributed by atoms with Crippen LogP contribution in [0.5, 0.6) is 0 Å². The molecule has 0 amide bonds. The van der Waals surface area contributed by atoms with Crippen LogP contribution in [-0.4, -0.2) is 28.9 Å². The Bertz CT molecular complexity index is 552. The van der Waals surface area contributed by atoms with Crippen LogP contribution in [0.1, 0.15) is 12.5 Å². The number of hydrazine groups is 1. The number of nitrogens with one attached hydrogen (secondary N) is 3. The van der Waals surface area contributed by atoms with Crippen molar-refractivity contribution in [3.63, 3.8) is 0 Å². The van der Waals surface area contributed by atoms with E-state index in [1.807, 2.05) is 0 Å². The molecule has 1 aliphatic heterocycles. The molecule has 1 heterocycles. The highest BCUT2D eigenvalue weighted by molar-refractivity contribution is 5.90. The lowest BCUT2D eigenvalue weighted by Crippen LogP contribution is -2.50. The average molecular weight is 276 g/mol. The summed E-state index contributed by atoms with van der Waals surface area (Å²) in [5.41, 5.74) is 15.5. The second-order valence-electron chi connectivity index (χ2n) is 4.33. The van der Waals surface area contributed by atoms with Gasteiger partial charge >= 0.3 is 5.97 Å². The highest BCUT2D eigenvalue weighted by atomic mass is 16.4. The van der Waals surface area contributed by atoms with Gasteiger partial charge in [-0.25, -0.2) is 10.4 Å². The van der Waals surface area contributed by atoms with Crippen LogP contribution in [0.3, 0.4) is 0 Å². The Hall–Kier alpha value is -2.61. The molecule has 0 spiro atoms. The molecule has 20 heavy (non-hydrogen) atoms. The molecule has 8 nitrogen and oxygen atoms in total. The SMILES string of the molecule is CC1=NNC(=Nc2ccc(CC(N)C(=O)O)cc2)NN1. The van der Waals surface area contributed by atoms with Crippen molar-refractivity contribution >= 4 is 23.5 Å². The molecule has 0 radical (unpaired) electrons. The Morgan fingerprint density at radius 1 is 1.40 bits per heavy atom. The van der Waals surface area contributed by atoms with Gasteiger partial charge in [0.1, 0.15) is 11.9 Å². The Kier molecular flexibility index (Phi) is 4.16. The Labute approximate surface area is 115 Å². The van der Waals surface area contributed by atoms with Crippen LogP contribution in [0.15, 0.2) is 34.4 Å². The fourth-order valence-electron chi connectivity index (χ4n) is 1.57. The Morgan fingerprint density at radius 3 is 2.65 bits per heavy atom. The summed E-state index contributed by atoms with van der Waals surface area (Å²) in [4.78, 5) is 15.0. The van der Waals surface area contributed by atoms with Crippen molar-refractivity contribution in [2.24, 2.45) is 15.8 Å². The first-order chi connectivity index (χ1) is 9.54. The summed E-state index contributed by atoms with van der Waals surface area (Å²) in [7, 11) is 0. The van der Waals surface area contributed by atoms with Crippen molar-refractivity contribution in [1.82, 2.24) is 16.3 Å². The van der Waals surface area contributed by atoms with Gasteiger partial charge in [0.2, 0.25) is 5.96 Å². The van der Waals surface area contributed by atoms with E-state index < -0.39 is 12.0 Å². The average Bonchev–Trinajstić information content (AvgIpc) is 2.43. The van der Waals surface area contributed by atoms with Crippen molar-refractivity contribution in [2.45, 2.75) is 19.4 Å². The zero-order valence-electron chi connectivity index (χ0n) is 10.9. The quantitative estimate of drug-likeness (QED) is 0.512. The number of rotatable bonds is 4. The van der Waals surface area contributed by atoms with E-state index in [0.29, 0.717) is 17.5 Å². The van der Waals surface area contributed by atoms with E-state index in [1.165, 1.54) is 0 Å². The highest BCUT2D eigenvalue weighted by Crippen LogP contribution is 2.14. The van der Waals surface area contributed by atoms with Crippen molar-refractivity contribution in [1.29, 1.82) is 0 Å². The number of hydrogen-bond acceptors (Lipinski definition) is 5. The lowest BCUT2D eigenvalue weighted by atomic mass is 10.1. The van der Waals surface area contributed by atoms with Crippen LogP contribution in [0, 0.1) is 0 Å². The number of hydrazone groups is 1. The number of guanidine groups is 1. The molecule has 0 aliphatic carbocycles. The molecule has 2 rings (SSSR count). The summed E-state index contributed by atoms with van der Waals surface area (Å²) >= 11 is 0. The van der Waals surface area contributed by atoms with Gasteiger partial charge in [0, 0.05) is 0 Å². The molecule has 1 aromatic rings. The third-order valence-electron chi connectivity index (χ3n) is 2.64. The van der Waals surface area contributed by atoms with Gasteiger partial charge in [-0.3, -0.25) is 15.6 Å². The molecule has 0 aromatic heterocycles. The predicted octanol–water partition coefficient (Wildman–Crippen LogP) is -0.341. The first-order valence-electron chi connectivity index (χ1n) is 6.03. The smallest absolute Gasteiger partial charge is 0.320 e. The molecule has 1 atom stereocenters. The molecular weight excluding hydrogens is 260 g/mol. The molecule has 1 aromatic carbocycles. The number of benzene rings is 1. The second kappa shape index (κ2) is 6.02. The van der Waals surface area contributed by atoms with E-state index in [1.54, 1.807) is 31.2 Å². The molecule has 0 fully saturated rings. The minimum absolute atomic E-state index is 0.285. The van der Waals surface area contributed by atoms with Gasteiger partial charge in [-0.15, -0.1) is 0 Å². The molecule has 0 saturated heterocycles. The lowest BCUT2D eigenvalue weighted by molar-refractivity contribution is -0.138. The Balaban J connectivity index is 2.02. The van der Waals surface area contributed by atoms with Crippen LogP contribution in [0.4, 0.5) is 5.69 Å². The number of carbonyl (C=O) groups is 1. The molecular formula is C12H16N6O2. The molecule has 106 valence electrons. The van der Waals surface area contributed by atoms with E-state index in [2.05, 4.69) is 26.4 Å². The zero-order chi connectivity index (χ0) is 14.5. The largest absolute Gasteiger partial charge is 0.480 e. The molecule has 1 aliphatic rings. The number of nitrogens with two attached hydrogens (primary N) is 1. The minimum atomic E-state index is -1.01. The Morgan fingerprint density at radius 2 is 2.10 bits per heavy atom. The summed E-state index contributed by atoms with van der Waals surface area (Å²) in [5.74, 6) is 0.178. The van der Waals surface area contributed by atoms with Crippen LogP contribution in [0.2, 0.25) is 0 Å². The number of aliphatic carboxylic acids is 1. The highest BCUT2D eigenvalue weighted by Gasteiger charge is 2.11. The zero-order valence-corrected chi connectivity index (χ0v) is 10.9. The lowest BCUT2D eigenvalue weighted by Gasteiger charge is -2.16. The number of hydrogen-bond donors (Lipinski definition) is 5. The van der Waals surface area contributed by atoms with Crippen molar-refractivity contribution < 1.29 is 9.90 Å². The van der Waals surface area contributed by atoms with Crippen molar-refractivity contribution in [2.75, 3.05) is 0 Å². The summed E-state index contributed by atoms with van der Waals surface area (Å²) in [6.45, 7) is 1.80. The van der Waals surface area contributed by atoms with E-state index in [9.17, 15) is 4.79 Å². The van der Waals surface area contributed by atoms with Gasteiger partial charge in [0.05, 0.1) is 5.69 Å². The summed E-state index contributed by atoms with van der Waals surface area (Å²) in [5, 5.41) is 12.7. The van der Waals surface area contributed by atoms with Crippen molar-refractivity contribution in [3.8, 4) is 0 Å². The maximum atomic E-state index is 10.7. The number of aliphatic imine (C=N–C) groups is 1. The first kappa shape index (κ1) is 13.8.